The molecular formula is C15H20N2O3. The molecule has 0 atom stereocenters. The zero-order chi connectivity index (χ0) is 15.3. The lowest BCUT2D eigenvalue weighted by Crippen LogP contribution is -2.40. The molecule has 0 fully saturated rings. The van der Waals surface area contributed by atoms with Gasteiger partial charge in [-0.3, -0.25) is 0 Å². The molecule has 1 aromatic rings. The highest BCUT2D eigenvalue weighted by atomic mass is 16.4. The average Bonchev–Trinajstić information content (AvgIpc) is 2.37. The number of carboxylic acid groups (broad SMARTS) is 1. The van der Waals surface area contributed by atoms with Crippen molar-refractivity contribution in [2.75, 3.05) is 11.9 Å². The maximum Gasteiger partial charge on any atom is 0.337 e. The number of nitrogens with zero attached hydrogens (tertiary/aromatic N) is 1. The van der Waals surface area contributed by atoms with Crippen LogP contribution in [0.2, 0.25) is 0 Å². The average molecular weight is 276 g/mol. The highest BCUT2D eigenvalue weighted by Crippen LogP contribution is 2.21. The van der Waals surface area contributed by atoms with E-state index in [9.17, 15) is 14.7 Å². The number of nitrogens with one attached hydrogen (secondary N) is 1. The number of urea groups is 1. The number of benzene rings is 1. The molecule has 0 unspecified atom stereocenters. The van der Waals surface area contributed by atoms with Gasteiger partial charge in [-0.05, 0) is 32.4 Å². The third-order valence-electron chi connectivity index (χ3n) is 2.95. The molecule has 0 aliphatic rings. The first-order valence-electron chi connectivity index (χ1n) is 6.40. The molecule has 1 rings (SSSR count). The summed E-state index contributed by atoms with van der Waals surface area (Å²) < 4.78 is 0. The van der Waals surface area contributed by atoms with E-state index in [2.05, 4.69) is 11.9 Å². The standard InChI is InChI=1S/C15H20N2O3/c1-5-9-17(10(2)3)15(20)16-13-11(4)7-6-8-12(13)14(18)19/h5-8,10H,1,9H2,2-4H3,(H,16,20)(H,18,19). The third kappa shape index (κ3) is 3.60. The minimum absolute atomic E-state index is 0.00898. The molecule has 1 aromatic carbocycles. The molecule has 2 amide bonds. The van der Waals surface area contributed by atoms with Crippen LogP contribution in [0.1, 0.15) is 29.8 Å². The van der Waals surface area contributed by atoms with Gasteiger partial charge in [-0.2, -0.15) is 0 Å². The Morgan fingerprint density at radius 2 is 2.10 bits per heavy atom. The van der Waals surface area contributed by atoms with Crippen LogP contribution < -0.4 is 5.32 Å². The molecule has 0 aromatic heterocycles. The number of hydrogen-bond donors (Lipinski definition) is 2. The van der Waals surface area contributed by atoms with Gasteiger partial charge in [0.25, 0.3) is 0 Å². The summed E-state index contributed by atoms with van der Waals surface area (Å²) >= 11 is 0. The zero-order valence-electron chi connectivity index (χ0n) is 12.0. The number of anilines is 1. The molecule has 0 saturated carbocycles. The lowest BCUT2D eigenvalue weighted by Gasteiger charge is -2.26. The van der Waals surface area contributed by atoms with Crippen molar-refractivity contribution in [1.82, 2.24) is 4.90 Å². The van der Waals surface area contributed by atoms with Gasteiger partial charge in [0, 0.05) is 12.6 Å². The van der Waals surface area contributed by atoms with Gasteiger partial charge in [0.15, 0.2) is 0 Å². The Morgan fingerprint density at radius 1 is 1.45 bits per heavy atom. The zero-order valence-corrected chi connectivity index (χ0v) is 12.0. The number of para-hydroxylation sites is 1. The number of carbonyl (C=O) groups excluding carboxylic acids is 1. The van der Waals surface area contributed by atoms with Gasteiger partial charge in [-0.25, -0.2) is 9.59 Å². The van der Waals surface area contributed by atoms with Gasteiger partial charge in [-0.15, -0.1) is 6.58 Å². The quantitative estimate of drug-likeness (QED) is 0.812. The molecule has 20 heavy (non-hydrogen) atoms. The lowest BCUT2D eigenvalue weighted by molar-refractivity contribution is 0.0698. The van der Waals surface area contributed by atoms with Crippen LogP contribution in [0.15, 0.2) is 30.9 Å². The van der Waals surface area contributed by atoms with Gasteiger partial charge in [-0.1, -0.05) is 18.2 Å². The van der Waals surface area contributed by atoms with E-state index in [-0.39, 0.29) is 17.6 Å². The Labute approximate surface area is 118 Å². The third-order valence-corrected chi connectivity index (χ3v) is 2.95. The topological polar surface area (TPSA) is 69.6 Å². The van der Waals surface area contributed by atoms with Crippen molar-refractivity contribution < 1.29 is 14.7 Å². The van der Waals surface area contributed by atoms with E-state index in [1.165, 1.54) is 6.07 Å². The summed E-state index contributed by atoms with van der Waals surface area (Å²) in [5.74, 6) is -1.07. The molecule has 0 heterocycles. The minimum Gasteiger partial charge on any atom is -0.478 e. The molecule has 0 aliphatic carbocycles. The Kier molecular flexibility index (Phi) is 5.32. The molecule has 2 N–H and O–H groups in total. The van der Waals surface area contributed by atoms with Gasteiger partial charge in [0.1, 0.15) is 0 Å². The van der Waals surface area contributed by atoms with E-state index in [1.807, 2.05) is 13.8 Å². The second kappa shape index (κ2) is 6.75. The fourth-order valence-electron chi connectivity index (χ4n) is 1.86. The molecule has 0 radical (unpaired) electrons. The SMILES string of the molecule is C=CCN(C(=O)Nc1c(C)cccc1C(=O)O)C(C)C. The Morgan fingerprint density at radius 3 is 2.60 bits per heavy atom. The second-order valence-corrected chi connectivity index (χ2v) is 4.77. The van der Waals surface area contributed by atoms with Gasteiger partial charge >= 0.3 is 12.0 Å². The number of aromatic carboxylic acids is 1. The van der Waals surface area contributed by atoms with Crippen LogP contribution in [0.4, 0.5) is 10.5 Å². The van der Waals surface area contributed by atoms with Crippen LogP contribution in [0, 0.1) is 6.92 Å². The van der Waals surface area contributed by atoms with Gasteiger partial charge in [0.05, 0.1) is 11.3 Å². The maximum atomic E-state index is 12.2. The van der Waals surface area contributed by atoms with E-state index in [0.29, 0.717) is 17.8 Å². The Bertz CT molecular complexity index is 524. The van der Waals surface area contributed by atoms with Crippen LogP contribution in [-0.4, -0.2) is 34.6 Å². The van der Waals surface area contributed by atoms with E-state index >= 15 is 0 Å². The van der Waals surface area contributed by atoms with Crippen molar-refractivity contribution in [2.24, 2.45) is 0 Å². The number of amides is 2. The fourth-order valence-corrected chi connectivity index (χ4v) is 1.86. The second-order valence-electron chi connectivity index (χ2n) is 4.77. The van der Waals surface area contributed by atoms with Gasteiger partial charge < -0.3 is 15.3 Å². The van der Waals surface area contributed by atoms with Crippen molar-refractivity contribution in [3.05, 3.63) is 42.0 Å². The van der Waals surface area contributed by atoms with Crippen molar-refractivity contribution >= 4 is 17.7 Å². The van der Waals surface area contributed by atoms with Crippen LogP contribution in [0.5, 0.6) is 0 Å². The number of rotatable bonds is 5. The predicted octanol–water partition coefficient (Wildman–Crippen LogP) is 3.12. The number of carboxylic acids is 1. The van der Waals surface area contributed by atoms with Crippen molar-refractivity contribution in [1.29, 1.82) is 0 Å². The summed E-state index contributed by atoms with van der Waals surface area (Å²) in [6, 6.07) is 4.54. The van der Waals surface area contributed by atoms with Crippen molar-refractivity contribution in [3.8, 4) is 0 Å². The largest absolute Gasteiger partial charge is 0.478 e. The molecule has 5 nitrogen and oxygen atoms in total. The minimum atomic E-state index is -1.07. The first-order chi connectivity index (χ1) is 9.38. The molecule has 0 bridgehead atoms. The van der Waals surface area contributed by atoms with Crippen LogP contribution in [-0.2, 0) is 0 Å². The number of aryl methyl sites for hydroxylation is 1. The summed E-state index contributed by atoms with van der Waals surface area (Å²) in [5, 5.41) is 11.9. The first kappa shape index (κ1) is 15.8. The summed E-state index contributed by atoms with van der Waals surface area (Å²) in [4.78, 5) is 25.0. The van der Waals surface area contributed by atoms with E-state index in [0.717, 1.165) is 0 Å². The van der Waals surface area contributed by atoms with Crippen molar-refractivity contribution in [2.45, 2.75) is 26.8 Å². The van der Waals surface area contributed by atoms with Crippen LogP contribution in [0.25, 0.3) is 0 Å². The summed E-state index contributed by atoms with van der Waals surface area (Å²) in [6.07, 6.45) is 1.63. The van der Waals surface area contributed by atoms with Crippen molar-refractivity contribution in [3.63, 3.8) is 0 Å². The summed E-state index contributed by atoms with van der Waals surface area (Å²) in [5.41, 5.74) is 1.13. The molecule has 0 spiro atoms. The molecule has 0 aliphatic heterocycles. The number of carbonyl (C=O) groups is 2. The highest BCUT2D eigenvalue weighted by molar-refractivity contribution is 6.01. The highest BCUT2D eigenvalue weighted by Gasteiger charge is 2.19. The monoisotopic (exact) mass is 276 g/mol. The van der Waals surface area contributed by atoms with Gasteiger partial charge in [0.2, 0.25) is 0 Å². The Balaban J connectivity index is 3.06. The number of hydrogen-bond acceptors (Lipinski definition) is 2. The molecule has 0 saturated heterocycles. The molecule has 108 valence electrons. The predicted molar refractivity (Wildman–Crippen MR) is 79.2 cm³/mol. The summed E-state index contributed by atoms with van der Waals surface area (Å²) in [7, 11) is 0. The lowest BCUT2D eigenvalue weighted by atomic mass is 10.1. The molecular weight excluding hydrogens is 256 g/mol. The van der Waals surface area contributed by atoms with E-state index in [4.69, 9.17) is 0 Å². The van der Waals surface area contributed by atoms with E-state index < -0.39 is 5.97 Å². The first-order valence-corrected chi connectivity index (χ1v) is 6.40. The smallest absolute Gasteiger partial charge is 0.337 e. The van der Waals surface area contributed by atoms with Crippen LogP contribution in [0.3, 0.4) is 0 Å². The summed E-state index contributed by atoms with van der Waals surface area (Å²) in [6.45, 7) is 9.56. The van der Waals surface area contributed by atoms with E-state index in [1.54, 1.807) is 30.0 Å². The maximum absolute atomic E-state index is 12.2. The molecule has 5 heteroatoms. The normalized spacial score (nSPS) is 10.2. The fraction of sp³-hybridized carbons (Fsp3) is 0.333. The van der Waals surface area contributed by atoms with Crippen LogP contribution >= 0.6 is 0 Å². The Hall–Kier alpha value is -2.30.